The zero-order chi connectivity index (χ0) is 13.7. The van der Waals surface area contributed by atoms with Crippen LogP contribution in [0.25, 0.3) is 0 Å². The van der Waals surface area contributed by atoms with Crippen molar-refractivity contribution in [1.82, 2.24) is 15.0 Å². The number of aromatic nitrogens is 3. The molecule has 0 saturated heterocycles. The van der Waals surface area contributed by atoms with Crippen molar-refractivity contribution in [2.24, 2.45) is 35.3 Å². The van der Waals surface area contributed by atoms with Crippen LogP contribution in [0.1, 0.15) is 57.2 Å². The van der Waals surface area contributed by atoms with E-state index in [9.17, 15) is 0 Å². The first-order valence-corrected chi connectivity index (χ1v) is 8.40. The van der Waals surface area contributed by atoms with Gasteiger partial charge in [0.1, 0.15) is 0 Å². The molecule has 0 amide bonds. The molecule has 1 aromatic rings. The molecule has 2 N–H and O–H groups in total. The van der Waals surface area contributed by atoms with Crippen LogP contribution in [-0.2, 0) is 6.54 Å². The van der Waals surface area contributed by atoms with Gasteiger partial charge in [0.15, 0.2) is 0 Å². The Morgan fingerprint density at radius 2 is 1.85 bits per heavy atom. The van der Waals surface area contributed by atoms with Crippen molar-refractivity contribution in [3.63, 3.8) is 0 Å². The summed E-state index contributed by atoms with van der Waals surface area (Å²) >= 11 is 0. The fourth-order valence-corrected chi connectivity index (χ4v) is 5.66. The van der Waals surface area contributed by atoms with E-state index in [0.717, 1.165) is 36.6 Å². The van der Waals surface area contributed by atoms with Gasteiger partial charge in [0.05, 0.1) is 17.9 Å². The summed E-state index contributed by atoms with van der Waals surface area (Å²) < 4.78 is 2.04. The lowest BCUT2D eigenvalue weighted by molar-refractivity contribution is -0.0481. The highest BCUT2D eigenvalue weighted by Crippen LogP contribution is 2.58. The lowest BCUT2D eigenvalue weighted by atomic mass is 9.50. The van der Waals surface area contributed by atoms with E-state index in [1.807, 2.05) is 10.9 Å². The Morgan fingerprint density at radius 1 is 1.20 bits per heavy atom. The number of rotatable bonds is 4. The molecule has 4 fully saturated rings. The molecule has 1 heterocycles. The van der Waals surface area contributed by atoms with E-state index in [2.05, 4.69) is 17.2 Å². The van der Waals surface area contributed by atoms with Gasteiger partial charge in [-0.1, -0.05) is 12.1 Å². The molecule has 5 rings (SSSR count). The maximum absolute atomic E-state index is 6.69. The molecule has 0 aromatic carbocycles. The van der Waals surface area contributed by atoms with E-state index in [4.69, 9.17) is 5.73 Å². The summed E-state index contributed by atoms with van der Waals surface area (Å²) in [6.07, 6.45) is 10.2. The summed E-state index contributed by atoms with van der Waals surface area (Å²) in [4.78, 5) is 0. The van der Waals surface area contributed by atoms with E-state index in [1.54, 1.807) is 0 Å². The molecular weight excluding hydrogens is 248 g/mol. The van der Waals surface area contributed by atoms with Crippen LogP contribution in [0, 0.1) is 29.6 Å². The van der Waals surface area contributed by atoms with Gasteiger partial charge in [-0.05, 0) is 68.1 Å². The van der Waals surface area contributed by atoms with Gasteiger partial charge in [0, 0.05) is 6.54 Å². The Bertz CT molecular complexity index is 453. The third-order valence-corrected chi connectivity index (χ3v) is 6.14. The fraction of sp³-hybridized carbons (Fsp3) is 0.875. The van der Waals surface area contributed by atoms with Crippen molar-refractivity contribution in [3.05, 3.63) is 11.9 Å². The Kier molecular flexibility index (Phi) is 3.09. The first-order chi connectivity index (χ1) is 9.76. The van der Waals surface area contributed by atoms with E-state index >= 15 is 0 Å². The fourth-order valence-electron chi connectivity index (χ4n) is 5.66. The summed E-state index contributed by atoms with van der Waals surface area (Å²) in [7, 11) is 0. The van der Waals surface area contributed by atoms with Crippen molar-refractivity contribution in [3.8, 4) is 0 Å². The van der Waals surface area contributed by atoms with Crippen LogP contribution in [0.5, 0.6) is 0 Å². The second-order valence-corrected chi connectivity index (χ2v) is 7.42. The molecule has 4 heteroatoms. The lowest BCUT2D eigenvalue weighted by Crippen LogP contribution is -2.49. The molecule has 1 aromatic heterocycles. The van der Waals surface area contributed by atoms with Gasteiger partial charge < -0.3 is 5.73 Å². The minimum Gasteiger partial charge on any atom is -0.322 e. The van der Waals surface area contributed by atoms with E-state index in [1.165, 1.54) is 37.8 Å². The Morgan fingerprint density at radius 3 is 2.45 bits per heavy atom. The monoisotopic (exact) mass is 274 g/mol. The van der Waals surface area contributed by atoms with Gasteiger partial charge in [-0.25, -0.2) is 4.68 Å². The minimum atomic E-state index is 0.145. The molecule has 110 valence electrons. The normalized spacial score (nSPS) is 40.2. The summed E-state index contributed by atoms with van der Waals surface area (Å²) in [6, 6.07) is 0.145. The molecule has 0 aliphatic heterocycles. The first-order valence-electron chi connectivity index (χ1n) is 8.40. The summed E-state index contributed by atoms with van der Waals surface area (Å²) in [6.45, 7) is 3.12. The van der Waals surface area contributed by atoms with E-state index < -0.39 is 0 Å². The zero-order valence-electron chi connectivity index (χ0n) is 12.4. The number of nitrogens with zero attached hydrogens (tertiary/aromatic N) is 3. The highest BCUT2D eigenvalue weighted by Gasteiger charge is 2.50. The quantitative estimate of drug-likeness (QED) is 0.918. The standard InChI is InChI=1S/C16H26N4/c1-2-3-20-14(9-18-19-20)16(17)15-12-5-10-4-11(7-12)8-13(15)6-10/h9-13,15-16H,2-8,17H2,1H3. The Balaban J connectivity index is 1.59. The topological polar surface area (TPSA) is 56.7 Å². The number of nitrogens with two attached hydrogens (primary N) is 1. The predicted molar refractivity (Wildman–Crippen MR) is 77.8 cm³/mol. The van der Waals surface area contributed by atoms with Crippen LogP contribution in [0.4, 0.5) is 0 Å². The van der Waals surface area contributed by atoms with Crippen molar-refractivity contribution in [2.75, 3.05) is 0 Å². The highest BCUT2D eigenvalue weighted by atomic mass is 15.4. The van der Waals surface area contributed by atoms with Crippen LogP contribution in [0.2, 0.25) is 0 Å². The van der Waals surface area contributed by atoms with Crippen molar-refractivity contribution in [1.29, 1.82) is 0 Å². The highest BCUT2D eigenvalue weighted by molar-refractivity contribution is 5.09. The average molecular weight is 274 g/mol. The minimum absolute atomic E-state index is 0.145. The van der Waals surface area contributed by atoms with Crippen molar-refractivity contribution >= 4 is 0 Å². The molecule has 4 bridgehead atoms. The molecule has 4 aliphatic carbocycles. The van der Waals surface area contributed by atoms with Crippen LogP contribution < -0.4 is 5.73 Å². The van der Waals surface area contributed by atoms with Gasteiger partial charge in [-0.3, -0.25) is 0 Å². The molecule has 0 radical (unpaired) electrons. The van der Waals surface area contributed by atoms with Crippen LogP contribution >= 0.6 is 0 Å². The van der Waals surface area contributed by atoms with Gasteiger partial charge >= 0.3 is 0 Å². The summed E-state index contributed by atoms with van der Waals surface area (Å²) in [5, 5.41) is 8.33. The molecule has 20 heavy (non-hydrogen) atoms. The molecule has 4 aliphatic rings. The SMILES string of the molecule is CCCn1nncc1C(N)C1C2CC3CC(C2)CC1C3. The molecule has 1 atom stereocenters. The smallest absolute Gasteiger partial charge is 0.0757 e. The molecule has 1 unspecified atom stereocenters. The van der Waals surface area contributed by atoms with Gasteiger partial charge in [0.25, 0.3) is 0 Å². The molecular formula is C16H26N4. The summed E-state index contributed by atoms with van der Waals surface area (Å²) in [5.41, 5.74) is 7.87. The number of aryl methyl sites for hydroxylation is 1. The maximum Gasteiger partial charge on any atom is 0.0757 e. The van der Waals surface area contributed by atoms with E-state index in [-0.39, 0.29) is 6.04 Å². The van der Waals surface area contributed by atoms with Gasteiger partial charge in [-0.2, -0.15) is 0 Å². The first kappa shape index (κ1) is 12.8. The third kappa shape index (κ3) is 1.92. The third-order valence-electron chi connectivity index (χ3n) is 6.14. The van der Waals surface area contributed by atoms with Gasteiger partial charge in [-0.15, -0.1) is 5.10 Å². The Hall–Kier alpha value is -0.900. The van der Waals surface area contributed by atoms with Gasteiger partial charge in [0.2, 0.25) is 0 Å². The Labute approximate surface area is 121 Å². The maximum atomic E-state index is 6.69. The predicted octanol–water partition coefficient (Wildman–Crippen LogP) is 2.76. The largest absolute Gasteiger partial charge is 0.322 e. The molecule has 4 nitrogen and oxygen atoms in total. The van der Waals surface area contributed by atoms with Crippen molar-refractivity contribution < 1.29 is 0 Å². The second-order valence-electron chi connectivity index (χ2n) is 7.42. The molecule has 0 spiro atoms. The van der Waals surface area contributed by atoms with Crippen molar-refractivity contribution in [2.45, 2.75) is 58.0 Å². The van der Waals surface area contributed by atoms with Crippen LogP contribution in [0.15, 0.2) is 6.20 Å². The average Bonchev–Trinajstić information content (AvgIpc) is 2.86. The second kappa shape index (κ2) is 4.83. The lowest BCUT2D eigenvalue weighted by Gasteiger charge is -2.55. The van der Waals surface area contributed by atoms with Crippen LogP contribution in [-0.4, -0.2) is 15.0 Å². The zero-order valence-corrected chi connectivity index (χ0v) is 12.4. The number of hydrogen-bond donors (Lipinski definition) is 1. The van der Waals surface area contributed by atoms with E-state index in [0.29, 0.717) is 5.92 Å². The summed E-state index contributed by atoms with van der Waals surface area (Å²) in [5.74, 6) is 4.44. The number of hydrogen-bond acceptors (Lipinski definition) is 3. The van der Waals surface area contributed by atoms with Crippen LogP contribution in [0.3, 0.4) is 0 Å². The molecule has 4 saturated carbocycles.